The van der Waals surface area contributed by atoms with E-state index in [4.69, 9.17) is 0 Å². The molecule has 1 N–H and O–H groups in total. The zero-order valence-corrected chi connectivity index (χ0v) is 12.5. The van der Waals surface area contributed by atoms with Gasteiger partial charge in [0.25, 0.3) is 5.91 Å². The van der Waals surface area contributed by atoms with Crippen molar-refractivity contribution in [2.75, 3.05) is 13.1 Å². The van der Waals surface area contributed by atoms with E-state index in [1.54, 1.807) is 11.1 Å². The first-order valence-electron chi connectivity index (χ1n) is 7.26. The Labute approximate surface area is 130 Å². The number of likely N-dealkylation sites (tertiary alicyclic amines) is 1. The molecule has 3 rings (SSSR count). The van der Waals surface area contributed by atoms with E-state index in [9.17, 15) is 18.0 Å². The first-order valence-corrected chi connectivity index (χ1v) is 7.26. The maximum absolute atomic E-state index is 12.8. The maximum Gasteiger partial charge on any atom is 0.433 e. The highest BCUT2D eigenvalue weighted by Crippen LogP contribution is 2.30. The van der Waals surface area contributed by atoms with Crippen molar-refractivity contribution in [1.82, 2.24) is 24.9 Å². The lowest BCUT2D eigenvalue weighted by Gasteiger charge is -2.31. The molecule has 0 aromatic carbocycles. The quantitative estimate of drug-likeness (QED) is 0.919. The van der Waals surface area contributed by atoms with E-state index >= 15 is 0 Å². The van der Waals surface area contributed by atoms with Crippen LogP contribution in [0.25, 0.3) is 0 Å². The van der Waals surface area contributed by atoms with Crippen molar-refractivity contribution in [3.05, 3.63) is 35.4 Å². The highest BCUT2D eigenvalue weighted by Gasteiger charge is 2.36. The van der Waals surface area contributed by atoms with Crippen LogP contribution < -0.4 is 0 Å². The molecule has 6 nitrogen and oxygen atoms in total. The molecule has 0 radical (unpaired) electrons. The average Bonchev–Trinajstić information content (AvgIpc) is 3.15. The lowest BCUT2D eigenvalue weighted by Crippen LogP contribution is -2.39. The number of amides is 1. The molecule has 3 heterocycles. The van der Waals surface area contributed by atoms with Gasteiger partial charge in [0.15, 0.2) is 5.69 Å². The standard InChI is InChI=1S/C14H16F3N5O/c1-21-12(14(15,16)17)7-11(20-21)13(23)22-6-2-3-9(8-22)10-4-5-18-19-10/h4-5,7,9H,2-3,6,8H2,1H3,(H,18,19)/t9-/m0/s1. The van der Waals surface area contributed by atoms with Gasteiger partial charge in [0, 0.05) is 44.0 Å². The first-order chi connectivity index (χ1) is 10.9. The Morgan fingerprint density at radius 3 is 2.83 bits per heavy atom. The number of hydrogen-bond acceptors (Lipinski definition) is 3. The van der Waals surface area contributed by atoms with Gasteiger partial charge in [-0.25, -0.2) is 0 Å². The molecule has 1 amide bonds. The van der Waals surface area contributed by atoms with E-state index in [1.165, 1.54) is 7.05 Å². The summed E-state index contributed by atoms with van der Waals surface area (Å²) < 4.78 is 39.2. The summed E-state index contributed by atoms with van der Waals surface area (Å²) in [6.07, 6.45) is -1.19. The fourth-order valence-corrected chi connectivity index (χ4v) is 2.91. The summed E-state index contributed by atoms with van der Waals surface area (Å²) in [5, 5.41) is 10.5. The van der Waals surface area contributed by atoms with Crippen molar-refractivity contribution in [3.63, 3.8) is 0 Å². The lowest BCUT2D eigenvalue weighted by atomic mass is 9.95. The number of carbonyl (C=O) groups excluding carboxylic acids is 1. The Hall–Kier alpha value is -2.32. The predicted octanol–water partition coefficient (Wildman–Crippen LogP) is 2.18. The van der Waals surface area contributed by atoms with Gasteiger partial charge in [0.1, 0.15) is 5.69 Å². The lowest BCUT2D eigenvalue weighted by molar-refractivity contribution is -0.143. The smallest absolute Gasteiger partial charge is 0.337 e. The molecule has 1 aliphatic heterocycles. The van der Waals surface area contributed by atoms with Gasteiger partial charge in [-0.15, -0.1) is 0 Å². The summed E-state index contributed by atoms with van der Waals surface area (Å²) in [6, 6.07) is 2.66. The van der Waals surface area contributed by atoms with E-state index in [0.29, 0.717) is 17.8 Å². The van der Waals surface area contributed by atoms with Gasteiger partial charge >= 0.3 is 6.18 Å². The highest BCUT2D eigenvalue weighted by atomic mass is 19.4. The normalized spacial score (nSPS) is 19.1. The van der Waals surface area contributed by atoms with Crippen LogP contribution in [0, 0.1) is 0 Å². The third-order valence-corrected chi connectivity index (χ3v) is 4.06. The average molecular weight is 327 g/mol. The molecule has 2 aromatic heterocycles. The van der Waals surface area contributed by atoms with Crippen LogP contribution >= 0.6 is 0 Å². The number of alkyl halides is 3. The van der Waals surface area contributed by atoms with E-state index in [2.05, 4.69) is 15.3 Å². The number of nitrogens with zero attached hydrogens (tertiary/aromatic N) is 4. The minimum absolute atomic E-state index is 0.112. The zero-order valence-electron chi connectivity index (χ0n) is 12.5. The molecule has 0 saturated carbocycles. The van der Waals surface area contributed by atoms with Crippen LogP contribution in [-0.4, -0.2) is 43.9 Å². The number of aromatic amines is 1. The highest BCUT2D eigenvalue weighted by molar-refractivity contribution is 5.92. The Kier molecular flexibility index (Phi) is 3.87. The molecule has 9 heteroatoms. The van der Waals surface area contributed by atoms with E-state index in [0.717, 1.165) is 24.6 Å². The van der Waals surface area contributed by atoms with Crippen molar-refractivity contribution < 1.29 is 18.0 Å². The minimum Gasteiger partial charge on any atom is -0.337 e. The van der Waals surface area contributed by atoms with Gasteiger partial charge in [0.2, 0.25) is 0 Å². The summed E-state index contributed by atoms with van der Waals surface area (Å²) >= 11 is 0. The minimum atomic E-state index is -4.53. The van der Waals surface area contributed by atoms with E-state index in [1.807, 2.05) is 6.07 Å². The molecular weight excluding hydrogens is 311 g/mol. The van der Waals surface area contributed by atoms with Crippen LogP contribution in [0.2, 0.25) is 0 Å². The number of halogens is 3. The van der Waals surface area contributed by atoms with Crippen LogP contribution in [0.4, 0.5) is 13.2 Å². The van der Waals surface area contributed by atoms with Crippen LogP contribution in [0.3, 0.4) is 0 Å². The van der Waals surface area contributed by atoms with Crippen LogP contribution in [0.15, 0.2) is 18.3 Å². The molecule has 0 unspecified atom stereocenters. The number of carbonyl (C=O) groups is 1. The summed E-state index contributed by atoms with van der Waals surface area (Å²) in [5.74, 6) is -0.360. The van der Waals surface area contributed by atoms with Gasteiger partial charge in [-0.1, -0.05) is 0 Å². The van der Waals surface area contributed by atoms with E-state index < -0.39 is 17.8 Å². The van der Waals surface area contributed by atoms with Crippen LogP contribution in [0.5, 0.6) is 0 Å². The monoisotopic (exact) mass is 327 g/mol. The second-order valence-corrected chi connectivity index (χ2v) is 5.64. The van der Waals surface area contributed by atoms with Gasteiger partial charge < -0.3 is 4.90 Å². The van der Waals surface area contributed by atoms with Crippen molar-refractivity contribution >= 4 is 5.91 Å². The third-order valence-electron chi connectivity index (χ3n) is 4.06. The molecule has 0 spiro atoms. The SMILES string of the molecule is Cn1nc(C(=O)N2CCC[C@H](c3ccn[nH]3)C2)cc1C(F)(F)F. The molecule has 0 aliphatic carbocycles. The topological polar surface area (TPSA) is 66.8 Å². The molecule has 2 aromatic rings. The van der Waals surface area contributed by atoms with E-state index in [-0.39, 0.29) is 11.6 Å². The third kappa shape index (κ3) is 3.08. The second kappa shape index (κ2) is 5.71. The Bertz CT molecular complexity index is 692. The Morgan fingerprint density at radius 2 is 2.22 bits per heavy atom. The molecule has 1 aliphatic rings. The molecule has 1 saturated heterocycles. The molecule has 124 valence electrons. The second-order valence-electron chi connectivity index (χ2n) is 5.64. The Balaban J connectivity index is 1.78. The molecular formula is C14H16F3N5O. The summed E-state index contributed by atoms with van der Waals surface area (Å²) in [5.41, 5.74) is -0.174. The van der Waals surface area contributed by atoms with Crippen LogP contribution in [-0.2, 0) is 13.2 Å². The summed E-state index contributed by atoms with van der Waals surface area (Å²) in [6.45, 7) is 0.959. The predicted molar refractivity (Wildman–Crippen MR) is 74.7 cm³/mol. The van der Waals surface area contributed by atoms with Gasteiger partial charge in [-0.2, -0.15) is 23.4 Å². The number of H-pyrrole nitrogens is 1. The molecule has 1 fully saturated rings. The van der Waals surface area contributed by atoms with Crippen molar-refractivity contribution in [1.29, 1.82) is 0 Å². The van der Waals surface area contributed by atoms with Gasteiger partial charge in [0.05, 0.1) is 0 Å². The number of nitrogens with one attached hydrogen (secondary N) is 1. The van der Waals surface area contributed by atoms with Crippen molar-refractivity contribution in [2.24, 2.45) is 7.05 Å². The Morgan fingerprint density at radius 1 is 1.43 bits per heavy atom. The number of hydrogen-bond donors (Lipinski definition) is 1. The van der Waals surface area contributed by atoms with Gasteiger partial charge in [-0.3, -0.25) is 14.6 Å². The zero-order chi connectivity index (χ0) is 16.6. The number of piperidine rings is 1. The molecule has 1 atom stereocenters. The molecule has 23 heavy (non-hydrogen) atoms. The van der Waals surface area contributed by atoms with Crippen LogP contribution in [0.1, 0.15) is 40.6 Å². The number of aromatic nitrogens is 4. The van der Waals surface area contributed by atoms with Crippen molar-refractivity contribution in [2.45, 2.75) is 24.9 Å². The summed E-state index contributed by atoms with van der Waals surface area (Å²) in [7, 11) is 1.18. The van der Waals surface area contributed by atoms with Gasteiger partial charge in [-0.05, 0) is 18.9 Å². The first kappa shape index (κ1) is 15.6. The summed E-state index contributed by atoms with van der Waals surface area (Å²) in [4.78, 5) is 14.0. The number of aryl methyl sites for hydroxylation is 1. The fraction of sp³-hybridized carbons (Fsp3) is 0.500. The molecule has 0 bridgehead atoms. The van der Waals surface area contributed by atoms with Crippen molar-refractivity contribution in [3.8, 4) is 0 Å². The fourth-order valence-electron chi connectivity index (χ4n) is 2.91. The maximum atomic E-state index is 12.8. The number of rotatable bonds is 2. The largest absolute Gasteiger partial charge is 0.433 e.